The van der Waals surface area contributed by atoms with Crippen molar-refractivity contribution in [3.8, 4) is 0 Å². The van der Waals surface area contributed by atoms with E-state index >= 15 is 8.78 Å². The Labute approximate surface area is 162 Å². The molecule has 3 N–H and O–H groups in total. The molecule has 0 aromatic rings. The predicted octanol–water partition coefficient (Wildman–Crippen LogP) is 2.37. The molecule has 0 saturated heterocycles. The van der Waals surface area contributed by atoms with Gasteiger partial charge in [0.1, 0.15) is 6.17 Å². The van der Waals surface area contributed by atoms with Crippen LogP contribution in [0.2, 0.25) is 0 Å². The Kier molecular flexibility index (Phi) is 3.88. The Bertz CT molecular complexity index is 824. The van der Waals surface area contributed by atoms with Gasteiger partial charge in [0.25, 0.3) is 0 Å². The SMILES string of the molecule is CC1CC2[C@@H]3CC(F)C4=CC(=O)C=C[C@]4(C)C3(F)[C@@H](O)C[C@]2(C)C1(O)C(=O)O. The van der Waals surface area contributed by atoms with Crippen LogP contribution in [0.4, 0.5) is 8.78 Å². The van der Waals surface area contributed by atoms with Gasteiger partial charge in [-0.3, -0.25) is 4.79 Å². The summed E-state index contributed by atoms with van der Waals surface area (Å²) in [6.07, 6.45) is 0.214. The maximum absolute atomic E-state index is 16.8. The van der Waals surface area contributed by atoms with Crippen LogP contribution in [0.25, 0.3) is 0 Å². The lowest BCUT2D eigenvalue weighted by molar-refractivity contribution is -0.229. The van der Waals surface area contributed by atoms with E-state index in [0.717, 1.165) is 6.08 Å². The minimum absolute atomic E-state index is 0.0287. The van der Waals surface area contributed by atoms with Crippen molar-refractivity contribution in [2.45, 2.75) is 63.6 Å². The van der Waals surface area contributed by atoms with E-state index in [-0.39, 0.29) is 24.8 Å². The summed E-state index contributed by atoms with van der Waals surface area (Å²) >= 11 is 0. The van der Waals surface area contributed by atoms with Crippen molar-refractivity contribution in [3.05, 3.63) is 23.8 Å². The number of alkyl halides is 2. The zero-order valence-electron chi connectivity index (χ0n) is 16.2. The number of carbonyl (C=O) groups excluding carboxylic acids is 1. The highest BCUT2D eigenvalue weighted by Gasteiger charge is 2.76. The minimum atomic E-state index is -2.26. The second-order valence-electron chi connectivity index (χ2n) is 9.57. The van der Waals surface area contributed by atoms with E-state index in [1.54, 1.807) is 13.8 Å². The molecule has 154 valence electrons. The first-order valence-corrected chi connectivity index (χ1v) is 9.76. The number of hydrogen-bond donors (Lipinski definition) is 3. The summed E-state index contributed by atoms with van der Waals surface area (Å²) in [5.74, 6) is -4.07. The average molecular weight is 396 g/mol. The minimum Gasteiger partial charge on any atom is -0.479 e. The highest BCUT2D eigenvalue weighted by molar-refractivity contribution is 6.01. The molecule has 4 aliphatic rings. The lowest BCUT2D eigenvalue weighted by Crippen LogP contribution is -2.70. The third-order valence-electron chi connectivity index (χ3n) is 8.54. The van der Waals surface area contributed by atoms with Crippen LogP contribution in [-0.4, -0.2) is 50.6 Å². The monoisotopic (exact) mass is 396 g/mol. The van der Waals surface area contributed by atoms with Gasteiger partial charge in [0, 0.05) is 16.7 Å². The number of allylic oxidation sites excluding steroid dienone is 4. The zero-order valence-corrected chi connectivity index (χ0v) is 16.2. The number of fused-ring (bicyclic) bond motifs is 5. The van der Waals surface area contributed by atoms with Crippen LogP contribution in [0.3, 0.4) is 0 Å². The first-order valence-electron chi connectivity index (χ1n) is 9.76. The van der Waals surface area contributed by atoms with Gasteiger partial charge in [-0.15, -0.1) is 0 Å². The second kappa shape index (κ2) is 5.51. The van der Waals surface area contributed by atoms with Crippen molar-refractivity contribution >= 4 is 11.8 Å². The van der Waals surface area contributed by atoms with E-state index in [1.165, 1.54) is 19.1 Å². The lowest BCUT2D eigenvalue weighted by Gasteiger charge is -2.62. The van der Waals surface area contributed by atoms with Crippen molar-refractivity contribution in [2.75, 3.05) is 0 Å². The van der Waals surface area contributed by atoms with Gasteiger partial charge >= 0.3 is 5.97 Å². The van der Waals surface area contributed by atoms with Crippen LogP contribution < -0.4 is 0 Å². The first kappa shape index (κ1) is 19.7. The molecule has 4 aliphatic carbocycles. The van der Waals surface area contributed by atoms with E-state index in [4.69, 9.17) is 0 Å². The third-order valence-corrected chi connectivity index (χ3v) is 8.54. The molecular weight excluding hydrogens is 370 g/mol. The van der Waals surface area contributed by atoms with Crippen LogP contribution in [0.1, 0.15) is 40.0 Å². The molecule has 5 nitrogen and oxygen atoms in total. The van der Waals surface area contributed by atoms with E-state index in [9.17, 15) is 24.9 Å². The van der Waals surface area contributed by atoms with Crippen molar-refractivity contribution < 1.29 is 33.7 Å². The summed E-state index contributed by atoms with van der Waals surface area (Å²) in [6.45, 7) is 4.67. The number of hydrogen-bond acceptors (Lipinski definition) is 4. The standard InChI is InChI=1S/C21H26F2O5/c1-10-6-12-13-8-15(22)14-7-11(24)4-5-18(14,2)20(13,23)16(25)9-19(12,3)21(10,28)17(26)27/h4-5,7,10,12-13,15-16,25,28H,6,8-9H2,1-3H3,(H,26,27)/t10?,12?,13-,15?,16-,18-,19-,20?,21?/m0/s1. The maximum Gasteiger partial charge on any atom is 0.336 e. The molecular formula is C21H26F2O5. The normalized spacial score (nSPS) is 55.2. The molecule has 28 heavy (non-hydrogen) atoms. The highest BCUT2D eigenvalue weighted by Crippen LogP contribution is 2.70. The molecule has 3 fully saturated rings. The van der Waals surface area contributed by atoms with Gasteiger partial charge in [-0.1, -0.05) is 19.9 Å². The largest absolute Gasteiger partial charge is 0.479 e. The van der Waals surface area contributed by atoms with Gasteiger partial charge < -0.3 is 15.3 Å². The number of aliphatic hydroxyl groups is 2. The molecule has 0 aromatic carbocycles. The molecule has 9 atom stereocenters. The Hall–Kier alpha value is -1.60. The van der Waals surface area contributed by atoms with Gasteiger partial charge in [-0.05, 0) is 55.7 Å². The molecule has 0 bridgehead atoms. The summed E-state index contributed by atoms with van der Waals surface area (Å²) < 4.78 is 31.9. The van der Waals surface area contributed by atoms with Crippen LogP contribution >= 0.6 is 0 Å². The summed E-state index contributed by atoms with van der Waals surface area (Å²) in [4.78, 5) is 23.7. The Balaban J connectivity index is 1.88. The maximum atomic E-state index is 16.8. The summed E-state index contributed by atoms with van der Waals surface area (Å²) in [5.41, 5.74) is -7.14. The summed E-state index contributed by atoms with van der Waals surface area (Å²) in [5, 5.41) is 31.8. The first-order chi connectivity index (χ1) is 12.8. The molecule has 7 heteroatoms. The third kappa shape index (κ3) is 1.92. The Morgan fingerprint density at radius 2 is 1.89 bits per heavy atom. The van der Waals surface area contributed by atoms with E-state index < -0.39 is 63.9 Å². The number of aliphatic carboxylic acids is 1. The summed E-state index contributed by atoms with van der Waals surface area (Å²) in [6, 6.07) is 0. The van der Waals surface area contributed by atoms with Gasteiger partial charge in [-0.2, -0.15) is 0 Å². The average Bonchev–Trinajstić information content (AvgIpc) is 2.81. The molecule has 0 radical (unpaired) electrons. The quantitative estimate of drug-likeness (QED) is 0.633. The number of halogens is 2. The van der Waals surface area contributed by atoms with Crippen LogP contribution in [-0.2, 0) is 9.59 Å². The van der Waals surface area contributed by atoms with E-state index in [1.807, 2.05) is 0 Å². The fraction of sp³-hybridized carbons (Fsp3) is 0.714. The van der Waals surface area contributed by atoms with Crippen molar-refractivity contribution in [3.63, 3.8) is 0 Å². The Morgan fingerprint density at radius 3 is 2.50 bits per heavy atom. The second-order valence-corrected chi connectivity index (χ2v) is 9.57. The zero-order chi connectivity index (χ0) is 20.9. The fourth-order valence-corrected chi connectivity index (χ4v) is 7.00. The topological polar surface area (TPSA) is 94.8 Å². The molecule has 3 saturated carbocycles. The predicted molar refractivity (Wildman–Crippen MR) is 95.8 cm³/mol. The number of aliphatic hydroxyl groups excluding tert-OH is 1. The number of carbonyl (C=O) groups is 2. The van der Waals surface area contributed by atoms with Crippen LogP contribution in [0.15, 0.2) is 23.8 Å². The van der Waals surface area contributed by atoms with Crippen molar-refractivity contribution in [1.29, 1.82) is 0 Å². The van der Waals surface area contributed by atoms with E-state index in [2.05, 4.69) is 0 Å². The van der Waals surface area contributed by atoms with Gasteiger partial charge in [0.05, 0.1) is 6.10 Å². The number of ketones is 1. The molecule has 0 amide bonds. The molecule has 0 aromatic heterocycles. The molecule has 0 spiro atoms. The van der Waals surface area contributed by atoms with Gasteiger partial charge in [0.15, 0.2) is 17.1 Å². The number of rotatable bonds is 1. The Morgan fingerprint density at radius 1 is 1.25 bits per heavy atom. The smallest absolute Gasteiger partial charge is 0.336 e. The van der Waals surface area contributed by atoms with Crippen LogP contribution in [0.5, 0.6) is 0 Å². The van der Waals surface area contributed by atoms with Crippen molar-refractivity contribution in [1.82, 2.24) is 0 Å². The molecule has 5 unspecified atom stereocenters. The van der Waals surface area contributed by atoms with Gasteiger partial charge in [0.2, 0.25) is 0 Å². The fourth-order valence-electron chi connectivity index (χ4n) is 7.00. The number of carboxylic acids is 1. The molecule has 0 heterocycles. The number of carboxylic acid groups (broad SMARTS) is 1. The lowest BCUT2D eigenvalue weighted by atomic mass is 9.44. The molecule has 0 aliphatic heterocycles. The summed E-state index contributed by atoms with van der Waals surface area (Å²) in [7, 11) is 0. The molecule has 4 rings (SSSR count). The highest BCUT2D eigenvalue weighted by atomic mass is 19.1. The van der Waals surface area contributed by atoms with Crippen LogP contribution in [0, 0.1) is 28.6 Å². The van der Waals surface area contributed by atoms with Gasteiger partial charge in [-0.25, -0.2) is 13.6 Å². The van der Waals surface area contributed by atoms with E-state index in [0.29, 0.717) is 0 Å². The van der Waals surface area contributed by atoms with Crippen molar-refractivity contribution in [2.24, 2.45) is 28.6 Å².